The smallest absolute Gasteiger partial charge is 0.211 e. The molecule has 0 aromatic rings. The summed E-state index contributed by atoms with van der Waals surface area (Å²) in [6, 6.07) is 0. The van der Waals surface area contributed by atoms with Crippen LogP contribution in [0.15, 0.2) is 65.9 Å². The molecule has 0 aliphatic carbocycles. The highest BCUT2D eigenvalue weighted by Gasteiger charge is 1.91. The molecule has 0 N–H and O–H groups in total. The predicted molar refractivity (Wildman–Crippen MR) is 59.5 cm³/mol. The third-order valence-corrected chi connectivity index (χ3v) is 1.56. The standard InChI is InChI=1S/C12H13NO/c1-5-10(3)12(6-2)8-7-11(4)13-9-14/h5-8H,1-3H2,4H3/b11-7+,12-8+. The molecule has 2 heteroatoms. The van der Waals surface area contributed by atoms with Gasteiger partial charge in [0.1, 0.15) is 0 Å². The van der Waals surface area contributed by atoms with Crippen molar-refractivity contribution in [2.24, 2.45) is 4.99 Å². The zero-order valence-corrected chi connectivity index (χ0v) is 8.29. The fourth-order valence-electron chi connectivity index (χ4n) is 0.744. The van der Waals surface area contributed by atoms with E-state index in [-0.39, 0.29) is 0 Å². The summed E-state index contributed by atoms with van der Waals surface area (Å²) in [5.74, 6) is 0. The Balaban J connectivity index is 4.86. The first-order valence-electron chi connectivity index (χ1n) is 4.06. The van der Waals surface area contributed by atoms with Gasteiger partial charge >= 0.3 is 0 Å². The molecule has 2 nitrogen and oxygen atoms in total. The van der Waals surface area contributed by atoms with Crippen molar-refractivity contribution >= 4 is 6.08 Å². The van der Waals surface area contributed by atoms with Crippen LogP contribution in [0.2, 0.25) is 0 Å². The molecule has 14 heavy (non-hydrogen) atoms. The minimum atomic E-state index is 0.580. The normalized spacial score (nSPS) is 11.5. The molecule has 0 radical (unpaired) electrons. The molecule has 0 aromatic carbocycles. The van der Waals surface area contributed by atoms with Gasteiger partial charge in [-0.15, -0.1) is 0 Å². The lowest BCUT2D eigenvalue weighted by Crippen LogP contribution is -1.78. The molecule has 0 bridgehead atoms. The van der Waals surface area contributed by atoms with Gasteiger partial charge < -0.3 is 0 Å². The van der Waals surface area contributed by atoms with E-state index in [1.807, 2.05) is 0 Å². The number of rotatable bonds is 5. The summed E-state index contributed by atoms with van der Waals surface area (Å²) in [6.07, 6.45) is 8.23. The number of hydrogen-bond acceptors (Lipinski definition) is 2. The van der Waals surface area contributed by atoms with Gasteiger partial charge in [0.25, 0.3) is 0 Å². The maximum Gasteiger partial charge on any atom is 0.240 e. The second kappa shape index (κ2) is 6.58. The van der Waals surface area contributed by atoms with Crippen molar-refractivity contribution in [2.75, 3.05) is 0 Å². The SMILES string of the molecule is C=CC(=C)/C(C=C)=C/C=C(\C)N=C=O. The van der Waals surface area contributed by atoms with Crippen LogP contribution in [-0.4, -0.2) is 6.08 Å². The molecule has 0 unspecified atom stereocenters. The second-order valence-corrected chi connectivity index (χ2v) is 2.57. The first-order valence-corrected chi connectivity index (χ1v) is 4.06. The Morgan fingerprint density at radius 3 is 2.36 bits per heavy atom. The summed E-state index contributed by atoms with van der Waals surface area (Å²) in [6.45, 7) is 12.7. The Morgan fingerprint density at radius 2 is 1.93 bits per heavy atom. The molecule has 0 heterocycles. The molecular formula is C12H13NO. The van der Waals surface area contributed by atoms with E-state index in [4.69, 9.17) is 0 Å². The molecule has 0 aliphatic heterocycles. The van der Waals surface area contributed by atoms with Crippen LogP contribution in [0.3, 0.4) is 0 Å². The van der Waals surface area contributed by atoms with Crippen molar-refractivity contribution in [3.63, 3.8) is 0 Å². The number of hydrogen-bond donors (Lipinski definition) is 0. The number of isocyanates is 1. The molecule has 72 valence electrons. The van der Waals surface area contributed by atoms with E-state index in [0.29, 0.717) is 5.70 Å². The van der Waals surface area contributed by atoms with Crippen molar-refractivity contribution in [1.82, 2.24) is 0 Å². The van der Waals surface area contributed by atoms with Gasteiger partial charge in [-0.1, -0.05) is 38.0 Å². The first kappa shape index (κ1) is 12.1. The topological polar surface area (TPSA) is 29.4 Å². The minimum absolute atomic E-state index is 0.580. The van der Waals surface area contributed by atoms with Crippen molar-refractivity contribution in [2.45, 2.75) is 6.92 Å². The van der Waals surface area contributed by atoms with E-state index in [2.05, 4.69) is 24.7 Å². The monoisotopic (exact) mass is 187 g/mol. The molecule has 0 rings (SSSR count). The van der Waals surface area contributed by atoms with E-state index in [9.17, 15) is 4.79 Å². The molecule has 0 spiro atoms. The Kier molecular flexibility index (Phi) is 5.68. The summed E-state index contributed by atoms with van der Waals surface area (Å²) in [7, 11) is 0. The lowest BCUT2D eigenvalue weighted by atomic mass is 10.1. The summed E-state index contributed by atoms with van der Waals surface area (Å²) in [5, 5.41) is 0. The molecule has 0 saturated carbocycles. The highest BCUT2D eigenvalue weighted by atomic mass is 16.1. The predicted octanol–water partition coefficient (Wildman–Crippen LogP) is 3.08. The third-order valence-electron chi connectivity index (χ3n) is 1.56. The van der Waals surface area contributed by atoms with E-state index >= 15 is 0 Å². The van der Waals surface area contributed by atoms with E-state index in [1.54, 1.807) is 31.2 Å². The molecule has 0 atom stereocenters. The highest BCUT2D eigenvalue weighted by Crippen LogP contribution is 2.10. The maximum atomic E-state index is 9.91. The van der Waals surface area contributed by atoms with Gasteiger partial charge in [0.15, 0.2) is 0 Å². The van der Waals surface area contributed by atoms with Gasteiger partial charge in [-0.2, -0.15) is 4.99 Å². The fraction of sp³-hybridized carbons (Fsp3) is 0.0833. The lowest BCUT2D eigenvalue weighted by Gasteiger charge is -1.97. The third kappa shape index (κ3) is 4.19. The minimum Gasteiger partial charge on any atom is -0.211 e. The van der Waals surface area contributed by atoms with Crippen molar-refractivity contribution in [1.29, 1.82) is 0 Å². The molecule has 0 amide bonds. The summed E-state index contributed by atoms with van der Waals surface area (Å²) in [4.78, 5) is 13.3. The van der Waals surface area contributed by atoms with Gasteiger partial charge in [-0.3, -0.25) is 0 Å². The van der Waals surface area contributed by atoms with Crippen LogP contribution in [0.4, 0.5) is 0 Å². The number of nitrogens with zero attached hydrogens (tertiary/aromatic N) is 1. The maximum absolute atomic E-state index is 9.91. The van der Waals surface area contributed by atoms with E-state index < -0.39 is 0 Å². The highest BCUT2D eigenvalue weighted by molar-refractivity contribution is 5.45. The zero-order chi connectivity index (χ0) is 11.0. The Labute approximate surface area is 84.4 Å². The van der Waals surface area contributed by atoms with Crippen LogP contribution >= 0.6 is 0 Å². The second-order valence-electron chi connectivity index (χ2n) is 2.57. The Bertz CT molecular complexity index is 353. The lowest BCUT2D eigenvalue weighted by molar-refractivity contribution is 0.564. The quantitative estimate of drug-likeness (QED) is 0.369. The van der Waals surface area contributed by atoms with Crippen LogP contribution in [0.1, 0.15) is 6.92 Å². The van der Waals surface area contributed by atoms with Crippen LogP contribution in [0.25, 0.3) is 0 Å². The van der Waals surface area contributed by atoms with Crippen LogP contribution in [-0.2, 0) is 4.79 Å². The van der Waals surface area contributed by atoms with Crippen molar-refractivity contribution in [3.05, 3.63) is 60.9 Å². The number of allylic oxidation sites excluding steroid dienone is 7. The van der Waals surface area contributed by atoms with Gasteiger partial charge in [-0.25, -0.2) is 4.79 Å². The molecule has 0 saturated heterocycles. The summed E-state index contributed by atoms with van der Waals surface area (Å²) < 4.78 is 0. The van der Waals surface area contributed by atoms with E-state index in [1.165, 1.54) is 6.08 Å². The van der Waals surface area contributed by atoms with Gasteiger partial charge in [0, 0.05) is 0 Å². The first-order chi connectivity index (χ1) is 6.65. The Hall–Kier alpha value is -1.92. The van der Waals surface area contributed by atoms with Crippen LogP contribution < -0.4 is 0 Å². The Morgan fingerprint density at radius 1 is 1.29 bits per heavy atom. The number of aliphatic imine (C=N–C) groups is 1. The number of carbonyl (C=O) groups excluding carboxylic acids is 1. The van der Waals surface area contributed by atoms with E-state index in [0.717, 1.165) is 11.1 Å². The van der Waals surface area contributed by atoms with Gasteiger partial charge in [-0.05, 0) is 24.1 Å². The van der Waals surface area contributed by atoms with Crippen molar-refractivity contribution < 1.29 is 4.79 Å². The van der Waals surface area contributed by atoms with Crippen LogP contribution in [0.5, 0.6) is 0 Å². The van der Waals surface area contributed by atoms with Gasteiger partial charge in [0.2, 0.25) is 6.08 Å². The molecular weight excluding hydrogens is 174 g/mol. The molecule has 0 aliphatic rings. The average Bonchev–Trinajstić information content (AvgIpc) is 2.18. The van der Waals surface area contributed by atoms with Gasteiger partial charge in [0.05, 0.1) is 5.70 Å². The zero-order valence-electron chi connectivity index (χ0n) is 8.29. The molecule has 0 aromatic heterocycles. The molecule has 0 fully saturated rings. The average molecular weight is 187 g/mol. The largest absolute Gasteiger partial charge is 0.240 e. The summed E-state index contributed by atoms with van der Waals surface area (Å²) >= 11 is 0. The van der Waals surface area contributed by atoms with Crippen LogP contribution in [0, 0.1) is 0 Å². The summed E-state index contributed by atoms with van der Waals surface area (Å²) in [5.41, 5.74) is 2.20. The van der Waals surface area contributed by atoms with Crippen molar-refractivity contribution in [3.8, 4) is 0 Å². The fourth-order valence-corrected chi connectivity index (χ4v) is 0.744.